The van der Waals surface area contributed by atoms with Gasteiger partial charge < -0.3 is 5.32 Å². The molecule has 1 aliphatic heterocycles. The van der Waals surface area contributed by atoms with Crippen molar-refractivity contribution in [2.75, 3.05) is 6.26 Å². The molecule has 0 spiro atoms. The number of thioether (sulfide) groups is 1. The van der Waals surface area contributed by atoms with Gasteiger partial charge in [-0.3, -0.25) is 4.99 Å². The van der Waals surface area contributed by atoms with Crippen molar-refractivity contribution in [3.8, 4) is 0 Å². The van der Waals surface area contributed by atoms with Crippen molar-refractivity contribution >= 4 is 18.0 Å². The number of hydrogen-bond donors (Lipinski definition) is 1. The van der Waals surface area contributed by atoms with Crippen LogP contribution in [-0.4, -0.2) is 17.8 Å². The molecule has 0 aromatic carbocycles. The molecule has 11 heavy (non-hydrogen) atoms. The van der Waals surface area contributed by atoms with E-state index < -0.39 is 0 Å². The third-order valence-corrected chi connectivity index (χ3v) is 1.89. The summed E-state index contributed by atoms with van der Waals surface area (Å²) in [5.74, 6) is 0. The molecule has 1 unspecified atom stereocenters. The van der Waals surface area contributed by atoms with Crippen LogP contribution in [0.15, 0.2) is 16.9 Å². The van der Waals surface area contributed by atoms with E-state index in [9.17, 15) is 0 Å². The molecule has 0 aliphatic carbocycles. The zero-order valence-electron chi connectivity index (χ0n) is 7.59. The van der Waals surface area contributed by atoms with Gasteiger partial charge >= 0.3 is 0 Å². The lowest BCUT2D eigenvalue weighted by Crippen LogP contribution is -2.24. The fourth-order valence-electron chi connectivity index (χ4n) is 0.597. The Balaban J connectivity index is 0.000000461. The topological polar surface area (TPSA) is 24.4 Å². The summed E-state index contributed by atoms with van der Waals surface area (Å²) in [6, 6.07) is 0. The average molecular weight is 172 g/mol. The van der Waals surface area contributed by atoms with E-state index >= 15 is 0 Å². The molecule has 0 amide bonds. The maximum Gasteiger partial charge on any atom is 0.108 e. The molecule has 1 aliphatic rings. The molecule has 3 heteroatoms. The molecule has 1 heterocycles. The largest absolute Gasteiger partial charge is 0.373 e. The van der Waals surface area contributed by atoms with E-state index in [2.05, 4.69) is 16.6 Å². The molecule has 0 bridgehead atoms. The molecular formula is C8H16N2S. The Kier molecular flexibility index (Phi) is 6.03. The van der Waals surface area contributed by atoms with Crippen LogP contribution in [0.2, 0.25) is 0 Å². The van der Waals surface area contributed by atoms with Gasteiger partial charge in [-0.1, -0.05) is 13.8 Å². The number of aliphatic imine (C=N–C) groups is 1. The van der Waals surface area contributed by atoms with Crippen LogP contribution in [0.4, 0.5) is 0 Å². The summed E-state index contributed by atoms with van der Waals surface area (Å²) in [5, 5.41) is 3.54. The van der Waals surface area contributed by atoms with Crippen LogP contribution in [0.1, 0.15) is 20.8 Å². The first-order valence-electron chi connectivity index (χ1n) is 3.83. The smallest absolute Gasteiger partial charge is 0.108 e. The minimum atomic E-state index is 0.369. The summed E-state index contributed by atoms with van der Waals surface area (Å²) in [5.41, 5.74) is 1.04. The molecule has 0 aromatic heterocycles. The van der Waals surface area contributed by atoms with Crippen molar-refractivity contribution in [3.05, 3.63) is 11.9 Å². The molecule has 0 aromatic rings. The predicted octanol–water partition coefficient (Wildman–Crippen LogP) is 2.24. The van der Waals surface area contributed by atoms with E-state index in [-0.39, 0.29) is 0 Å². The van der Waals surface area contributed by atoms with Crippen molar-refractivity contribution in [1.82, 2.24) is 5.32 Å². The summed E-state index contributed by atoms with van der Waals surface area (Å²) < 4.78 is 0. The Morgan fingerprint density at radius 3 is 2.55 bits per heavy atom. The first kappa shape index (κ1) is 10.6. The maximum absolute atomic E-state index is 4.13. The highest BCUT2D eigenvalue weighted by atomic mass is 32.2. The van der Waals surface area contributed by atoms with E-state index in [1.165, 1.54) is 0 Å². The summed E-state index contributed by atoms with van der Waals surface area (Å²) >= 11 is 1.74. The van der Waals surface area contributed by atoms with Crippen LogP contribution in [0.25, 0.3) is 0 Å². The molecule has 1 N–H and O–H groups in total. The van der Waals surface area contributed by atoms with Crippen LogP contribution in [-0.2, 0) is 0 Å². The average Bonchev–Trinajstić information content (AvgIpc) is 2.10. The highest BCUT2D eigenvalue weighted by Crippen LogP contribution is 2.06. The molecule has 0 saturated heterocycles. The molecule has 0 saturated carbocycles. The van der Waals surface area contributed by atoms with Gasteiger partial charge in [0.05, 0.1) is 5.70 Å². The van der Waals surface area contributed by atoms with Crippen molar-refractivity contribution in [3.63, 3.8) is 0 Å². The minimum Gasteiger partial charge on any atom is -0.373 e. The van der Waals surface area contributed by atoms with Crippen molar-refractivity contribution in [2.24, 2.45) is 4.99 Å². The van der Waals surface area contributed by atoms with Crippen LogP contribution >= 0.6 is 11.8 Å². The molecular weight excluding hydrogens is 156 g/mol. The predicted molar refractivity (Wildman–Crippen MR) is 54.0 cm³/mol. The lowest BCUT2D eigenvalue weighted by Gasteiger charge is -2.12. The van der Waals surface area contributed by atoms with E-state index in [1.54, 1.807) is 11.8 Å². The second-order valence-electron chi connectivity index (χ2n) is 1.89. The van der Waals surface area contributed by atoms with Gasteiger partial charge in [0, 0.05) is 12.4 Å². The van der Waals surface area contributed by atoms with Gasteiger partial charge in [0.15, 0.2) is 0 Å². The maximum atomic E-state index is 4.13. The van der Waals surface area contributed by atoms with Gasteiger partial charge in [-0.25, -0.2) is 0 Å². The quantitative estimate of drug-likeness (QED) is 0.656. The number of hydrogen-bond acceptors (Lipinski definition) is 3. The SMILES string of the molecule is CC.CSC1C=NC(C)=CN1. The second kappa shape index (κ2) is 6.28. The van der Waals surface area contributed by atoms with E-state index in [0.717, 1.165) is 5.70 Å². The highest BCUT2D eigenvalue weighted by molar-refractivity contribution is 7.99. The number of allylic oxidation sites excluding steroid dienone is 1. The van der Waals surface area contributed by atoms with Crippen molar-refractivity contribution < 1.29 is 0 Å². The van der Waals surface area contributed by atoms with Crippen LogP contribution in [0, 0.1) is 0 Å². The Bertz CT molecular complexity index is 152. The molecule has 0 radical (unpaired) electrons. The fraction of sp³-hybridized carbons (Fsp3) is 0.625. The third-order valence-electron chi connectivity index (χ3n) is 1.12. The van der Waals surface area contributed by atoms with E-state index in [0.29, 0.717) is 5.37 Å². The number of nitrogens with one attached hydrogen (secondary N) is 1. The zero-order valence-corrected chi connectivity index (χ0v) is 8.40. The van der Waals surface area contributed by atoms with E-state index in [4.69, 9.17) is 0 Å². The van der Waals surface area contributed by atoms with Crippen LogP contribution < -0.4 is 5.32 Å². The van der Waals surface area contributed by atoms with Gasteiger partial charge in [-0.2, -0.15) is 0 Å². The first-order chi connectivity index (χ1) is 5.33. The van der Waals surface area contributed by atoms with Crippen LogP contribution in [0.5, 0.6) is 0 Å². The van der Waals surface area contributed by atoms with Crippen molar-refractivity contribution in [2.45, 2.75) is 26.1 Å². The summed E-state index contributed by atoms with van der Waals surface area (Å²) in [6.07, 6.45) is 5.90. The highest BCUT2D eigenvalue weighted by Gasteiger charge is 2.02. The lowest BCUT2D eigenvalue weighted by atomic mass is 10.5. The summed E-state index contributed by atoms with van der Waals surface area (Å²) in [4.78, 5) is 4.13. The number of rotatable bonds is 1. The van der Waals surface area contributed by atoms with E-state index in [1.807, 2.05) is 33.2 Å². The van der Waals surface area contributed by atoms with Crippen molar-refractivity contribution in [1.29, 1.82) is 0 Å². The lowest BCUT2D eigenvalue weighted by molar-refractivity contribution is 0.928. The Morgan fingerprint density at radius 1 is 1.55 bits per heavy atom. The minimum absolute atomic E-state index is 0.369. The van der Waals surface area contributed by atoms with Gasteiger partial charge in [0.2, 0.25) is 0 Å². The zero-order chi connectivity index (χ0) is 8.69. The molecule has 64 valence electrons. The monoisotopic (exact) mass is 172 g/mol. The third kappa shape index (κ3) is 4.09. The van der Waals surface area contributed by atoms with Gasteiger partial charge in [-0.15, -0.1) is 11.8 Å². The van der Waals surface area contributed by atoms with Gasteiger partial charge in [-0.05, 0) is 13.2 Å². The molecule has 1 rings (SSSR count). The Hall–Kier alpha value is -0.440. The van der Waals surface area contributed by atoms with Crippen LogP contribution in [0.3, 0.4) is 0 Å². The Morgan fingerprint density at radius 2 is 2.18 bits per heavy atom. The molecule has 2 nitrogen and oxygen atoms in total. The molecule has 1 atom stereocenters. The van der Waals surface area contributed by atoms with Gasteiger partial charge in [0.1, 0.15) is 5.37 Å². The molecule has 0 fully saturated rings. The Labute approximate surface area is 73.2 Å². The summed E-state index contributed by atoms with van der Waals surface area (Å²) in [6.45, 7) is 5.97. The standard InChI is InChI=1S/C6H10N2S.C2H6/c1-5-3-8-6(9-2)4-7-5;1-2/h3-4,6,8H,1-2H3;1-2H3. The van der Waals surface area contributed by atoms with Gasteiger partial charge in [0.25, 0.3) is 0 Å². The number of nitrogens with zero attached hydrogens (tertiary/aromatic N) is 1. The first-order valence-corrected chi connectivity index (χ1v) is 5.11. The normalized spacial score (nSPS) is 21.1. The fourth-order valence-corrected chi connectivity index (χ4v) is 0.984. The summed E-state index contributed by atoms with van der Waals surface area (Å²) in [7, 11) is 0. The second-order valence-corrected chi connectivity index (χ2v) is 2.87.